The Hall–Kier alpha value is -3.47. The van der Waals surface area contributed by atoms with E-state index in [1.165, 1.54) is 6.07 Å². The zero-order valence-electron chi connectivity index (χ0n) is 15.5. The molecule has 0 bridgehead atoms. The van der Waals surface area contributed by atoms with Gasteiger partial charge >= 0.3 is 5.63 Å². The van der Waals surface area contributed by atoms with Gasteiger partial charge in [-0.25, -0.2) is 14.2 Å². The average Bonchev–Trinajstić information content (AvgIpc) is 3.00. The molecule has 3 aromatic heterocycles. The number of halogens is 1. The molecule has 0 unspecified atom stereocenters. The predicted octanol–water partition coefficient (Wildman–Crippen LogP) is 5.10. The third kappa shape index (κ3) is 2.36. The second kappa shape index (κ2) is 6.02. The zero-order chi connectivity index (χ0) is 19.4. The topological polar surface area (TPSA) is 48.0 Å². The van der Waals surface area contributed by atoms with Crippen molar-refractivity contribution in [2.75, 3.05) is 0 Å². The van der Waals surface area contributed by atoms with Gasteiger partial charge in [0.15, 0.2) is 0 Å². The number of pyridine rings is 1. The number of hydrogen-bond donors (Lipinski definition) is 0. The van der Waals surface area contributed by atoms with Crippen LogP contribution >= 0.6 is 0 Å². The first-order valence-corrected chi connectivity index (χ1v) is 9.09. The molecule has 4 nitrogen and oxygen atoms in total. The number of rotatable bonds is 2. The van der Waals surface area contributed by atoms with Gasteiger partial charge in [0.05, 0.1) is 0 Å². The van der Waals surface area contributed by atoms with Crippen molar-refractivity contribution in [2.45, 2.75) is 20.4 Å². The van der Waals surface area contributed by atoms with Crippen molar-refractivity contribution in [1.29, 1.82) is 0 Å². The van der Waals surface area contributed by atoms with Gasteiger partial charge in [0.2, 0.25) is 5.71 Å². The van der Waals surface area contributed by atoms with Crippen LogP contribution in [0.1, 0.15) is 16.7 Å². The third-order valence-electron chi connectivity index (χ3n) is 5.35. The van der Waals surface area contributed by atoms with Gasteiger partial charge in [0.1, 0.15) is 11.3 Å². The molecule has 3 heterocycles. The van der Waals surface area contributed by atoms with E-state index in [2.05, 4.69) is 11.1 Å². The zero-order valence-corrected chi connectivity index (χ0v) is 15.5. The smallest absolute Gasteiger partial charge is 0.362 e. The summed E-state index contributed by atoms with van der Waals surface area (Å²) in [6, 6.07) is 14.8. The molecule has 138 valence electrons. The van der Waals surface area contributed by atoms with E-state index in [9.17, 15) is 9.18 Å². The molecule has 0 aliphatic rings. The quantitative estimate of drug-likeness (QED) is 0.433. The van der Waals surface area contributed by atoms with Crippen molar-refractivity contribution in [1.82, 2.24) is 9.55 Å². The SMILES string of the molecule is Cc1ccc2c(c1)c1c3cccnc3oc(=O)c1n2Cc1cccc(F)c1C. The van der Waals surface area contributed by atoms with Gasteiger partial charge in [-0.1, -0.05) is 23.8 Å². The lowest BCUT2D eigenvalue weighted by atomic mass is 10.1. The molecule has 0 aliphatic heterocycles. The normalized spacial score (nSPS) is 11.7. The number of aromatic nitrogens is 2. The van der Waals surface area contributed by atoms with E-state index in [0.29, 0.717) is 23.3 Å². The van der Waals surface area contributed by atoms with Crippen LogP contribution in [0.3, 0.4) is 0 Å². The highest BCUT2D eigenvalue weighted by atomic mass is 19.1. The standard InChI is InChI=1S/C23H17FN2O2/c1-13-8-9-19-17(11-13)20-16-6-4-10-25-22(16)28-23(27)21(20)26(19)12-15-5-3-7-18(24)14(15)2/h3-11H,12H2,1-2H3. The monoisotopic (exact) mass is 372 g/mol. The second-order valence-electron chi connectivity index (χ2n) is 7.10. The van der Waals surface area contributed by atoms with Crippen LogP contribution in [0.5, 0.6) is 0 Å². The van der Waals surface area contributed by atoms with E-state index < -0.39 is 5.63 Å². The Kier molecular flexibility index (Phi) is 3.59. The minimum atomic E-state index is -0.441. The minimum absolute atomic E-state index is 0.254. The molecule has 0 atom stereocenters. The number of aryl methyl sites for hydroxylation is 1. The Bertz CT molecular complexity index is 1450. The molecule has 5 aromatic rings. The van der Waals surface area contributed by atoms with Gasteiger partial charge in [0, 0.05) is 34.4 Å². The molecule has 0 N–H and O–H groups in total. The summed E-state index contributed by atoms with van der Waals surface area (Å²) in [7, 11) is 0. The van der Waals surface area contributed by atoms with Crippen molar-refractivity contribution >= 4 is 32.9 Å². The first-order chi connectivity index (χ1) is 13.5. The Labute approximate surface area is 159 Å². The molecule has 0 saturated heterocycles. The molecule has 2 aromatic carbocycles. The van der Waals surface area contributed by atoms with E-state index >= 15 is 0 Å². The van der Waals surface area contributed by atoms with Crippen LogP contribution < -0.4 is 5.63 Å². The largest absolute Gasteiger partial charge is 0.402 e. The molecule has 0 saturated carbocycles. The highest BCUT2D eigenvalue weighted by Gasteiger charge is 2.19. The maximum absolute atomic E-state index is 14.1. The lowest BCUT2D eigenvalue weighted by Crippen LogP contribution is -2.09. The summed E-state index contributed by atoms with van der Waals surface area (Å²) in [5.74, 6) is -0.254. The fraction of sp³-hybridized carbons (Fsp3) is 0.130. The van der Waals surface area contributed by atoms with E-state index in [1.54, 1.807) is 19.2 Å². The minimum Gasteiger partial charge on any atom is -0.402 e. The molecule has 28 heavy (non-hydrogen) atoms. The molecular weight excluding hydrogens is 355 g/mol. The van der Waals surface area contributed by atoms with Crippen LogP contribution in [0.4, 0.5) is 4.39 Å². The third-order valence-corrected chi connectivity index (χ3v) is 5.35. The molecule has 5 rings (SSSR count). The van der Waals surface area contributed by atoms with Crippen molar-refractivity contribution in [3.8, 4) is 0 Å². The van der Waals surface area contributed by atoms with Crippen molar-refractivity contribution in [3.63, 3.8) is 0 Å². The molecular formula is C23H17FN2O2. The van der Waals surface area contributed by atoms with E-state index in [4.69, 9.17) is 4.42 Å². The number of benzene rings is 2. The maximum atomic E-state index is 14.1. The van der Waals surface area contributed by atoms with E-state index in [0.717, 1.165) is 32.8 Å². The van der Waals surface area contributed by atoms with Crippen LogP contribution in [-0.2, 0) is 6.54 Å². The first-order valence-electron chi connectivity index (χ1n) is 9.09. The number of fused-ring (bicyclic) bond motifs is 5. The van der Waals surface area contributed by atoms with Gasteiger partial charge in [-0.2, -0.15) is 0 Å². The lowest BCUT2D eigenvalue weighted by Gasteiger charge is -2.10. The van der Waals surface area contributed by atoms with Crippen LogP contribution in [0.15, 0.2) is 63.9 Å². The summed E-state index contributed by atoms with van der Waals surface area (Å²) < 4.78 is 21.5. The van der Waals surface area contributed by atoms with E-state index in [1.807, 2.05) is 41.8 Å². The highest BCUT2D eigenvalue weighted by Crippen LogP contribution is 2.33. The Morgan fingerprint density at radius 1 is 1.07 bits per heavy atom. The van der Waals surface area contributed by atoms with Gasteiger partial charge in [-0.05, 0) is 55.3 Å². The summed E-state index contributed by atoms with van der Waals surface area (Å²) in [6.07, 6.45) is 1.61. The van der Waals surface area contributed by atoms with E-state index in [-0.39, 0.29) is 5.82 Å². The highest BCUT2D eigenvalue weighted by molar-refractivity contribution is 6.18. The second-order valence-corrected chi connectivity index (χ2v) is 7.10. The molecule has 0 amide bonds. The molecule has 0 spiro atoms. The predicted molar refractivity (Wildman–Crippen MR) is 108 cm³/mol. The van der Waals surface area contributed by atoms with Crippen molar-refractivity contribution in [2.24, 2.45) is 0 Å². The first kappa shape index (κ1) is 16.7. The Morgan fingerprint density at radius 2 is 1.93 bits per heavy atom. The average molecular weight is 372 g/mol. The fourth-order valence-corrected chi connectivity index (χ4v) is 3.91. The Balaban J connectivity index is 1.94. The van der Waals surface area contributed by atoms with Gasteiger partial charge in [-0.3, -0.25) is 0 Å². The van der Waals surface area contributed by atoms with Crippen LogP contribution in [0, 0.1) is 19.7 Å². The van der Waals surface area contributed by atoms with Gasteiger partial charge < -0.3 is 8.98 Å². The van der Waals surface area contributed by atoms with Crippen LogP contribution in [-0.4, -0.2) is 9.55 Å². The summed E-state index contributed by atoms with van der Waals surface area (Å²) in [5.41, 5.74) is 3.77. The number of hydrogen-bond acceptors (Lipinski definition) is 3. The summed E-state index contributed by atoms with van der Waals surface area (Å²) in [5, 5.41) is 2.59. The summed E-state index contributed by atoms with van der Waals surface area (Å²) in [4.78, 5) is 17.1. The fourth-order valence-electron chi connectivity index (χ4n) is 3.91. The molecule has 0 radical (unpaired) electrons. The van der Waals surface area contributed by atoms with Crippen molar-refractivity contribution in [3.05, 3.63) is 87.7 Å². The van der Waals surface area contributed by atoms with Crippen LogP contribution in [0.2, 0.25) is 0 Å². The van der Waals surface area contributed by atoms with Gasteiger partial charge in [0.25, 0.3) is 0 Å². The van der Waals surface area contributed by atoms with Gasteiger partial charge in [-0.15, -0.1) is 0 Å². The Morgan fingerprint density at radius 3 is 2.79 bits per heavy atom. The summed E-state index contributed by atoms with van der Waals surface area (Å²) >= 11 is 0. The lowest BCUT2D eigenvalue weighted by molar-refractivity contribution is 0.553. The maximum Gasteiger partial charge on any atom is 0.362 e. The number of nitrogens with zero attached hydrogens (tertiary/aromatic N) is 2. The molecule has 5 heteroatoms. The summed E-state index contributed by atoms with van der Waals surface area (Å²) in [6.45, 7) is 4.15. The molecule has 0 aliphatic carbocycles. The van der Waals surface area contributed by atoms with Crippen molar-refractivity contribution < 1.29 is 8.81 Å². The molecule has 0 fully saturated rings. The van der Waals surface area contributed by atoms with Crippen LogP contribution in [0.25, 0.3) is 32.9 Å².